The molecular formula is C15H15FN2O2S. The Labute approximate surface area is 126 Å². The van der Waals surface area contributed by atoms with E-state index in [1.54, 1.807) is 23.9 Å². The fourth-order valence-corrected chi connectivity index (χ4v) is 3.19. The van der Waals surface area contributed by atoms with Gasteiger partial charge in [-0.25, -0.2) is 9.38 Å². The number of amidine groups is 1. The molecule has 0 saturated heterocycles. The van der Waals surface area contributed by atoms with Crippen molar-refractivity contribution in [3.63, 3.8) is 0 Å². The summed E-state index contributed by atoms with van der Waals surface area (Å²) in [5, 5.41) is 10.2. The smallest absolute Gasteiger partial charge is 0.173 e. The lowest BCUT2D eigenvalue weighted by atomic mass is 10.3. The first-order valence-corrected chi connectivity index (χ1v) is 7.41. The minimum absolute atomic E-state index is 0.0209. The van der Waals surface area contributed by atoms with Crippen LogP contribution < -0.4 is 4.74 Å². The SMILES string of the molecule is CC1=C(CO)N2CC=C(COc3ccc(F)cc3)N=C2S1. The molecule has 0 spiro atoms. The van der Waals surface area contributed by atoms with Gasteiger partial charge < -0.3 is 14.7 Å². The van der Waals surface area contributed by atoms with Gasteiger partial charge in [0.05, 0.1) is 18.0 Å². The number of nitrogens with zero attached hydrogens (tertiary/aromatic N) is 2. The number of benzene rings is 1. The van der Waals surface area contributed by atoms with Crippen LogP contribution in [0, 0.1) is 5.82 Å². The second kappa shape index (κ2) is 5.91. The van der Waals surface area contributed by atoms with E-state index in [0.717, 1.165) is 21.5 Å². The van der Waals surface area contributed by atoms with Crippen LogP contribution in [0.15, 0.2) is 51.6 Å². The van der Waals surface area contributed by atoms with Crippen molar-refractivity contribution in [3.8, 4) is 5.75 Å². The molecule has 1 aromatic rings. The fourth-order valence-electron chi connectivity index (χ4n) is 2.17. The van der Waals surface area contributed by atoms with Gasteiger partial charge in [0.15, 0.2) is 5.17 Å². The zero-order valence-corrected chi connectivity index (χ0v) is 12.4. The second-order valence-corrected chi connectivity index (χ2v) is 5.89. The predicted octanol–water partition coefficient (Wildman–Crippen LogP) is 2.73. The molecule has 0 fully saturated rings. The molecule has 2 heterocycles. The summed E-state index contributed by atoms with van der Waals surface area (Å²) < 4.78 is 18.4. The maximum absolute atomic E-state index is 12.8. The summed E-state index contributed by atoms with van der Waals surface area (Å²) in [7, 11) is 0. The molecule has 0 aromatic heterocycles. The first-order valence-electron chi connectivity index (χ1n) is 6.59. The molecule has 0 aliphatic carbocycles. The molecule has 21 heavy (non-hydrogen) atoms. The summed E-state index contributed by atoms with van der Waals surface area (Å²) >= 11 is 1.56. The number of allylic oxidation sites excluding steroid dienone is 1. The van der Waals surface area contributed by atoms with Gasteiger partial charge in [-0.05, 0) is 37.3 Å². The van der Waals surface area contributed by atoms with Gasteiger partial charge in [0.1, 0.15) is 18.2 Å². The number of fused-ring (bicyclic) bond motifs is 1. The number of hydrogen-bond acceptors (Lipinski definition) is 5. The van der Waals surface area contributed by atoms with Crippen LogP contribution in [0.4, 0.5) is 4.39 Å². The Bertz CT molecular complexity index is 638. The molecule has 2 aliphatic heterocycles. The maximum atomic E-state index is 12.8. The highest BCUT2D eigenvalue weighted by atomic mass is 32.2. The summed E-state index contributed by atoms with van der Waals surface area (Å²) in [6.45, 7) is 3.02. The molecule has 0 bridgehead atoms. The van der Waals surface area contributed by atoms with Crippen molar-refractivity contribution < 1.29 is 14.2 Å². The molecule has 0 unspecified atom stereocenters. The average Bonchev–Trinajstić information content (AvgIpc) is 2.81. The van der Waals surface area contributed by atoms with Crippen LogP contribution in [0.3, 0.4) is 0 Å². The molecule has 0 saturated carbocycles. The highest BCUT2D eigenvalue weighted by molar-refractivity contribution is 8.17. The van der Waals surface area contributed by atoms with Crippen molar-refractivity contribution in [1.82, 2.24) is 4.90 Å². The van der Waals surface area contributed by atoms with Crippen molar-refractivity contribution in [3.05, 3.63) is 52.5 Å². The van der Waals surface area contributed by atoms with Gasteiger partial charge in [0.25, 0.3) is 0 Å². The van der Waals surface area contributed by atoms with Crippen molar-refractivity contribution in [2.24, 2.45) is 4.99 Å². The van der Waals surface area contributed by atoms with E-state index < -0.39 is 0 Å². The van der Waals surface area contributed by atoms with Gasteiger partial charge in [-0.15, -0.1) is 0 Å². The molecule has 2 aliphatic rings. The van der Waals surface area contributed by atoms with Gasteiger partial charge in [-0.3, -0.25) is 0 Å². The van der Waals surface area contributed by atoms with E-state index in [4.69, 9.17) is 4.74 Å². The third kappa shape index (κ3) is 2.96. The second-order valence-electron chi connectivity index (χ2n) is 4.71. The van der Waals surface area contributed by atoms with E-state index in [9.17, 15) is 9.50 Å². The molecule has 3 rings (SSSR count). The van der Waals surface area contributed by atoms with Crippen LogP contribution in [0.5, 0.6) is 5.75 Å². The van der Waals surface area contributed by atoms with E-state index in [-0.39, 0.29) is 12.4 Å². The third-order valence-corrected chi connectivity index (χ3v) is 4.34. The predicted molar refractivity (Wildman–Crippen MR) is 81.5 cm³/mol. The molecule has 6 heteroatoms. The highest BCUT2D eigenvalue weighted by Crippen LogP contribution is 2.35. The first kappa shape index (κ1) is 14.2. The molecule has 4 nitrogen and oxygen atoms in total. The van der Waals surface area contributed by atoms with Crippen LogP contribution in [0.1, 0.15) is 6.92 Å². The first-order chi connectivity index (χ1) is 10.2. The Morgan fingerprint density at radius 1 is 1.38 bits per heavy atom. The summed E-state index contributed by atoms with van der Waals surface area (Å²) in [5.41, 5.74) is 1.75. The summed E-state index contributed by atoms with van der Waals surface area (Å²) in [6.07, 6.45) is 1.97. The van der Waals surface area contributed by atoms with E-state index in [1.807, 2.05) is 17.9 Å². The van der Waals surface area contributed by atoms with Crippen molar-refractivity contribution in [2.45, 2.75) is 6.92 Å². The largest absolute Gasteiger partial charge is 0.487 e. The van der Waals surface area contributed by atoms with E-state index in [1.165, 1.54) is 12.1 Å². The van der Waals surface area contributed by atoms with Gasteiger partial charge >= 0.3 is 0 Å². The maximum Gasteiger partial charge on any atom is 0.173 e. The number of ether oxygens (including phenoxy) is 1. The van der Waals surface area contributed by atoms with Gasteiger partial charge in [0.2, 0.25) is 0 Å². The Morgan fingerprint density at radius 3 is 2.86 bits per heavy atom. The number of rotatable bonds is 4. The Morgan fingerprint density at radius 2 is 2.14 bits per heavy atom. The quantitative estimate of drug-likeness (QED) is 0.929. The third-order valence-electron chi connectivity index (χ3n) is 3.31. The minimum atomic E-state index is -0.282. The lowest BCUT2D eigenvalue weighted by molar-refractivity contribution is 0.299. The van der Waals surface area contributed by atoms with Crippen molar-refractivity contribution >= 4 is 16.9 Å². The van der Waals surface area contributed by atoms with Gasteiger partial charge in [0, 0.05) is 11.4 Å². The van der Waals surface area contributed by atoms with Crippen LogP contribution in [-0.4, -0.2) is 34.9 Å². The Balaban J connectivity index is 1.64. The van der Waals surface area contributed by atoms with Gasteiger partial charge in [-0.1, -0.05) is 11.8 Å². The lowest BCUT2D eigenvalue weighted by Crippen LogP contribution is -2.29. The zero-order valence-electron chi connectivity index (χ0n) is 11.5. The molecule has 1 N–H and O–H groups in total. The average molecular weight is 306 g/mol. The zero-order chi connectivity index (χ0) is 14.8. The van der Waals surface area contributed by atoms with Crippen LogP contribution in [-0.2, 0) is 0 Å². The summed E-state index contributed by atoms with van der Waals surface area (Å²) in [5.74, 6) is 0.333. The normalized spacial score (nSPS) is 17.6. The Kier molecular flexibility index (Phi) is 3.98. The number of aliphatic hydroxyl groups excluding tert-OH is 1. The molecule has 1 aromatic carbocycles. The molecule has 0 amide bonds. The molecular weight excluding hydrogens is 291 g/mol. The van der Waals surface area contributed by atoms with Crippen molar-refractivity contribution in [1.29, 1.82) is 0 Å². The van der Waals surface area contributed by atoms with E-state index >= 15 is 0 Å². The van der Waals surface area contributed by atoms with Crippen LogP contribution >= 0.6 is 11.8 Å². The minimum Gasteiger partial charge on any atom is -0.487 e. The van der Waals surface area contributed by atoms with E-state index in [2.05, 4.69) is 4.99 Å². The fraction of sp³-hybridized carbons (Fsp3) is 0.267. The molecule has 0 radical (unpaired) electrons. The van der Waals surface area contributed by atoms with E-state index in [0.29, 0.717) is 18.9 Å². The lowest BCUT2D eigenvalue weighted by Gasteiger charge is -2.23. The standard InChI is InChI=1S/C15H15FN2O2S/c1-10-14(8-19)18-7-6-12(17-15(18)21-10)9-20-13-4-2-11(16)3-5-13/h2-6,19H,7-9H2,1H3. The Hall–Kier alpha value is -1.79. The molecule has 110 valence electrons. The van der Waals surface area contributed by atoms with Crippen LogP contribution in [0.2, 0.25) is 0 Å². The van der Waals surface area contributed by atoms with Crippen molar-refractivity contribution in [2.75, 3.05) is 19.8 Å². The van der Waals surface area contributed by atoms with Crippen LogP contribution in [0.25, 0.3) is 0 Å². The number of aliphatic imine (C=N–C) groups is 1. The summed E-state index contributed by atoms with van der Waals surface area (Å²) in [4.78, 5) is 7.62. The summed E-state index contributed by atoms with van der Waals surface area (Å²) in [6, 6.07) is 5.92. The molecule has 0 atom stereocenters. The number of thioether (sulfide) groups is 1. The number of halogens is 1. The topological polar surface area (TPSA) is 45.1 Å². The number of aliphatic hydroxyl groups is 1. The van der Waals surface area contributed by atoms with Gasteiger partial charge in [-0.2, -0.15) is 0 Å². The number of hydrogen-bond donors (Lipinski definition) is 1. The highest BCUT2D eigenvalue weighted by Gasteiger charge is 2.28. The monoisotopic (exact) mass is 306 g/mol.